The van der Waals surface area contributed by atoms with Gasteiger partial charge in [-0.15, -0.1) is 0 Å². The lowest BCUT2D eigenvalue weighted by Gasteiger charge is -2.05. The second-order valence-electron chi connectivity index (χ2n) is 6.12. The van der Waals surface area contributed by atoms with E-state index in [1.807, 2.05) is 31.2 Å². The zero-order valence-electron chi connectivity index (χ0n) is 15.0. The van der Waals surface area contributed by atoms with Crippen molar-refractivity contribution in [1.29, 1.82) is 0 Å². The van der Waals surface area contributed by atoms with Gasteiger partial charge in [0.05, 0.1) is 25.5 Å². The van der Waals surface area contributed by atoms with Crippen LogP contribution in [0, 0.1) is 6.92 Å². The molecule has 0 unspecified atom stereocenters. The minimum atomic E-state index is -0.280. The molecule has 27 heavy (non-hydrogen) atoms. The van der Waals surface area contributed by atoms with Gasteiger partial charge in [-0.1, -0.05) is 29.8 Å². The molecule has 0 aliphatic rings. The van der Waals surface area contributed by atoms with Crippen molar-refractivity contribution in [3.8, 4) is 11.3 Å². The molecule has 7 nitrogen and oxygen atoms in total. The fourth-order valence-corrected chi connectivity index (χ4v) is 2.43. The number of benzene rings is 1. The molecule has 0 radical (unpaired) electrons. The zero-order chi connectivity index (χ0) is 19.1. The average Bonchev–Trinajstić information content (AvgIpc) is 3.35. The number of amides is 2. The van der Waals surface area contributed by atoms with E-state index >= 15 is 0 Å². The Balaban J connectivity index is 1.39. The summed E-state index contributed by atoms with van der Waals surface area (Å²) >= 11 is 0. The molecule has 0 aliphatic carbocycles. The molecule has 0 fully saturated rings. The van der Waals surface area contributed by atoms with Gasteiger partial charge >= 0.3 is 0 Å². The van der Waals surface area contributed by atoms with Crippen LogP contribution in [0.5, 0.6) is 0 Å². The molecule has 0 bridgehead atoms. The van der Waals surface area contributed by atoms with E-state index < -0.39 is 0 Å². The highest BCUT2D eigenvalue weighted by atomic mass is 16.4. The van der Waals surface area contributed by atoms with E-state index in [-0.39, 0.29) is 24.8 Å². The van der Waals surface area contributed by atoms with E-state index in [9.17, 15) is 9.59 Å². The number of hydrogen-bond acceptors (Lipinski definition) is 5. The number of carbonyl (C=O) groups is 2. The standard InChI is InChI=1S/C20H21N3O4/c1-14-4-6-15(7-5-14)17-12-23-20(27-17)9-8-18(24)22-13-19(25)21-11-16-3-2-10-26-16/h2-7,10,12H,8-9,11,13H2,1H3,(H,21,25)(H,22,24). The summed E-state index contributed by atoms with van der Waals surface area (Å²) in [7, 11) is 0. The molecule has 3 aromatic rings. The maximum atomic E-state index is 11.9. The van der Waals surface area contributed by atoms with Gasteiger partial charge < -0.3 is 19.5 Å². The molecule has 0 spiro atoms. The molecule has 0 aliphatic heterocycles. The zero-order valence-corrected chi connectivity index (χ0v) is 15.0. The van der Waals surface area contributed by atoms with Crippen molar-refractivity contribution in [3.05, 3.63) is 66.1 Å². The predicted octanol–water partition coefficient (Wildman–Crippen LogP) is 2.61. The molecule has 2 amide bonds. The first-order chi connectivity index (χ1) is 13.1. The van der Waals surface area contributed by atoms with Crippen LogP contribution in [0.3, 0.4) is 0 Å². The average molecular weight is 367 g/mol. The maximum absolute atomic E-state index is 11.9. The van der Waals surface area contributed by atoms with Crippen LogP contribution in [0.25, 0.3) is 11.3 Å². The van der Waals surface area contributed by atoms with Crippen LogP contribution in [0.2, 0.25) is 0 Å². The summed E-state index contributed by atoms with van der Waals surface area (Å²) in [4.78, 5) is 27.8. The van der Waals surface area contributed by atoms with Crippen molar-refractivity contribution in [1.82, 2.24) is 15.6 Å². The first-order valence-electron chi connectivity index (χ1n) is 8.67. The Morgan fingerprint density at radius 2 is 1.89 bits per heavy atom. The molecule has 2 aromatic heterocycles. The quantitative estimate of drug-likeness (QED) is 0.638. The fraction of sp³-hybridized carbons (Fsp3) is 0.250. The normalized spacial score (nSPS) is 10.6. The Bertz CT molecular complexity index is 882. The van der Waals surface area contributed by atoms with Crippen LogP contribution >= 0.6 is 0 Å². The highest BCUT2D eigenvalue weighted by Crippen LogP contribution is 2.21. The lowest BCUT2D eigenvalue weighted by molar-refractivity contribution is -0.126. The topological polar surface area (TPSA) is 97.4 Å². The summed E-state index contributed by atoms with van der Waals surface area (Å²) in [5, 5.41) is 5.24. The molecule has 0 atom stereocenters. The summed E-state index contributed by atoms with van der Waals surface area (Å²) < 4.78 is 10.8. The molecular weight excluding hydrogens is 346 g/mol. The molecule has 1 aromatic carbocycles. The van der Waals surface area contributed by atoms with Crippen LogP contribution in [0.4, 0.5) is 0 Å². The van der Waals surface area contributed by atoms with Gasteiger partial charge in [0, 0.05) is 18.4 Å². The van der Waals surface area contributed by atoms with E-state index in [4.69, 9.17) is 8.83 Å². The van der Waals surface area contributed by atoms with Crippen molar-refractivity contribution in [2.75, 3.05) is 6.54 Å². The second-order valence-corrected chi connectivity index (χ2v) is 6.12. The molecular formula is C20H21N3O4. The minimum Gasteiger partial charge on any atom is -0.467 e. The number of oxazole rings is 1. The molecule has 2 N–H and O–H groups in total. The van der Waals surface area contributed by atoms with Crippen molar-refractivity contribution >= 4 is 11.8 Å². The highest BCUT2D eigenvalue weighted by molar-refractivity contribution is 5.84. The van der Waals surface area contributed by atoms with E-state index in [2.05, 4.69) is 15.6 Å². The van der Waals surface area contributed by atoms with Crippen LogP contribution in [-0.2, 0) is 22.6 Å². The van der Waals surface area contributed by atoms with Gasteiger partial charge in [0.2, 0.25) is 11.8 Å². The van der Waals surface area contributed by atoms with Crippen molar-refractivity contribution < 1.29 is 18.4 Å². The van der Waals surface area contributed by atoms with Gasteiger partial charge in [-0.05, 0) is 19.1 Å². The summed E-state index contributed by atoms with van der Waals surface area (Å²) in [6.45, 7) is 2.23. The molecule has 0 saturated heterocycles. The maximum Gasteiger partial charge on any atom is 0.239 e. The fourth-order valence-electron chi connectivity index (χ4n) is 2.43. The van der Waals surface area contributed by atoms with E-state index in [0.717, 1.165) is 5.56 Å². The Labute approximate surface area is 156 Å². The monoisotopic (exact) mass is 367 g/mol. The molecule has 2 heterocycles. The highest BCUT2D eigenvalue weighted by Gasteiger charge is 2.10. The number of furan rings is 1. The smallest absolute Gasteiger partial charge is 0.239 e. The summed E-state index contributed by atoms with van der Waals surface area (Å²) in [5.74, 6) is 1.30. The van der Waals surface area contributed by atoms with Gasteiger partial charge in [0.15, 0.2) is 11.7 Å². The summed E-state index contributed by atoms with van der Waals surface area (Å²) in [5.41, 5.74) is 2.11. The number of aryl methyl sites for hydroxylation is 2. The first-order valence-corrected chi connectivity index (χ1v) is 8.67. The first kappa shape index (κ1) is 18.4. The van der Waals surface area contributed by atoms with Crippen molar-refractivity contribution in [2.45, 2.75) is 26.3 Å². The lowest BCUT2D eigenvalue weighted by atomic mass is 10.1. The van der Waals surface area contributed by atoms with Gasteiger partial charge in [-0.3, -0.25) is 9.59 Å². The van der Waals surface area contributed by atoms with E-state index in [0.29, 0.717) is 30.4 Å². The van der Waals surface area contributed by atoms with Gasteiger partial charge in [0.1, 0.15) is 5.76 Å². The van der Waals surface area contributed by atoms with E-state index in [1.165, 1.54) is 11.8 Å². The van der Waals surface area contributed by atoms with Crippen molar-refractivity contribution in [2.24, 2.45) is 0 Å². The Morgan fingerprint density at radius 1 is 1.07 bits per heavy atom. The number of hydrogen-bond donors (Lipinski definition) is 2. The third kappa shape index (κ3) is 5.57. The van der Waals surface area contributed by atoms with Crippen LogP contribution in [0.1, 0.15) is 23.6 Å². The molecule has 140 valence electrons. The Hall–Kier alpha value is -3.35. The van der Waals surface area contributed by atoms with Gasteiger partial charge in [0.25, 0.3) is 0 Å². The van der Waals surface area contributed by atoms with Crippen LogP contribution < -0.4 is 10.6 Å². The Morgan fingerprint density at radius 3 is 2.63 bits per heavy atom. The third-order valence-corrected chi connectivity index (χ3v) is 3.94. The van der Waals surface area contributed by atoms with Gasteiger partial charge in [-0.2, -0.15) is 0 Å². The number of rotatable bonds is 8. The summed E-state index contributed by atoms with van der Waals surface area (Å²) in [6.07, 6.45) is 3.75. The molecule has 7 heteroatoms. The van der Waals surface area contributed by atoms with Gasteiger partial charge in [-0.25, -0.2) is 4.98 Å². The Kier molecular flexibility index (Phi) is 6.04. The number of aromatic nitrogens is 1. The minimum absolute atomic E-state index is 0.0836. The van der Waals surface area contributed by atoms with Crippen LogP contribution in [-0.4, -0.2) is 23.3 Å². The van der Waals surface area contributed by atoms with Crippen molar-refractivity contribution in [3.63, 3.8) is 0 Å². The van der Waals surface area contributed by atoms with E-state index in [1.54, 1.807) is 18.3 Å². The summed E-state index contributed by atoms with van der Waals surface area (Å²) in [6, 6.07) is 11.4. The number of nitrogens with zero attached hydrogens (tertiary/aromatic N) is 1. The SMILES string of the molecule is Cc1ccc(-c2cnc(CCC(=O)NCC(=O)NCc3ccco3)o2)cc1. The number of carbonyl (C=O) groups excluding carboxylic acids is 2. The van der Waals surface area contributed by atoms with Crippen LogP contribution in [0.15, 0.2) is 57.7 Å². The molecule has 0 saturated carbocycles. The second kappa shape index (κ2) is 8.84. The molecule has 3 rings (SSSR count). The number of nitrogens with one attached hydrogen (secondary N) is 2. The largest absolute Gasteiger partial charge is 0.467 e. The lowest BCUT2D eigenvalue weighted by Crippen LogP contribution is -2.36. The predicted molar refractivity (Wildman–Crippen MR) is 98.6 cm³/mol. The third-order valence-electron chi connectivity index (χ3n) is 3.94.